The predicted octanol–water partition coefficient (Wildman–Crippen LogP) is 2.17. The van der Waals surface area contributed by atoms with Gasteiger partial charge in [-0.25, -0.2) is 0 Å². The molecule has 3 nitrogen and oxygen atoms in total. The van der Waals surface area contributed by atoms with Gasteiger partial charge in [0.2, 0.25) is 5.91 Å². The molecule has 0 unspecified atom stereocenters. The van der Waals surface area contributed by atoms with Crippen LogP contribution in [0.5, 0.6) is 0 Å². The van der Waals surface area contributed by atoms with Gasteiger partial charge in [-0.15, -0.1) is 0 Å². The van der Waals surface area contributed by atoms with Crippen LogP contribution in [0.3, 0.4) is 0 Å². The molecular formula is C13H26N2O. The van der Waals surface area contributed by atoms with Crippen LogP contribution < -0.4 is 5.32 Å². The lowest BCUT2D eigenvalue weighted by Crippen LogP contribution is -2.48. The van der Waals surface area contributed by atoms with Crippen molar-refractivity contribution in [3.63, 3.8) is 0 Å². The van der Waals surface area contributed by atoms with Crippen LogP contribution in [0.25, 0.3) is 0 Å². The van der Waals surface area contributed by atoms with Crippen molar-refractivity contribution in [1.29, 1.82) is 0 Å². The molecule has 0 saturated carbocycles. The molecule has 16 heavy (non-hydrogen) atoms. The summed E-state index contributed by atoms with van der Waals surface area (Å²) < 4.78 is 0. The number of amides is 1. The summed E-state index contributed by atoms with van der Waals surface area (Å²) in [6, 6.07) is 0. The molecule has 1 N–H and O–H groups in total. The molecule has 0 aromatic heterocycles. The second-order valence-electron chi connectivity index (χ2n) is 4.68. The van der Waals surface area contributed by atoms with Crippen molar-refractivity contribution in [2.24, 2.45) is 0 Å². The highest BCUT2D eigenvalue weighted by molar-refractivity contribution is 5.78. The Bertz CT molecular complexity index is 194. The largest absolute Gasteiger partial charge is 0.340 e. The predicted molar refractivity (Wildman–Crippen MR) is 67.4 cm³/mol. The summed E-state index contributed by atoms with van der Waals surface area (Å²) in [5, 5.41) is 3.10. The molecular weight excluding hydrogens is 200 g/mol. The summed E-state index contributed by atoms with van der Waals surface area (Å²) in [5.74, 6) is 0.275. The van der Waals surface area contributed by atoms with Gasteiger partial charge in [-0.05, 0) is 6.42 Å². The van der Waals surface area contributed by atoms with E-state index in [1.54, 1.807) is 0 Å². The van der Waals surface area contributed by atoms with Crippen LogP contribution in [-0.2, 0) is 4.79 Å². The van der Waals surface area contributed by atoms with Crippen LogP contribution in [0.15, 0.2) is 0 Å². The average molecular weight is 226 g/mol. The highest BCUT2D eigenvalue weighted by Gasteiger charge is 2.16. The zero-order valence-corrected chi connectivity index (χ0v) is 10.6. The van der Waals surface area contributed by atoms with E-state index in [2.05, 4.69) is 12.2 Å². The Hall–Kier alpha value is -0.570. The van der Waals surface area contributed by atoms with Crippen molar-refractivity contribution in [3.8, 4) is 0 Å². The van der Waals surface area contributed by atoms with Crippen molar-refractivity contribution in [2.45, 2.75) is 51.9 Å². The first-order valence-corrected chi connectivity index (χ1v) is 6.83. The Morgan fingerprint density at radius 2 is 1.81 bits per heavy atom. The number of nitrogens with one attached hydrogen (secondary N) is 1. The Morgan fingerprint density at radius 1 is 1.12 bits per heavy atom. The van der Waals surface area contributed by atoms with E-state index in [1.807, 2.05) is 4.90 Å². The lowest BCUT2D eigenvalue weighted by molar-refractivity contribution is -0.131. The van der Waals surface area contributed by atoms with E-state index < -0.39 is 0 Å². The number of carbonyl (C=O) groups excluding carboxylic acids is 1. The molecule has 94 valence electrons. The summed E-state index contributed by atoms with van der Waals surface area (Å²) in [7, 11) is 0. The first kappa shape index (κ1) is 13.5. The Balaban J connectivity index is 1.92. The molecule has 1 aliphatic rings. The Labute approximate surface area is 99.6 Å². The fourth-order valence-corrected chi connectivity index (χ4v) is 2.14. The van der Waals surface area contributed by atoms with Gasteiger partial charge in [0.15, 0.2) is 0 Å². The van der Waals surface area contributed by atoms with Gasteiger partial charge in [0.25, 0.3) is 0 Å². The lowest BCUT2D eigenvalue weighted by atomic mass is 10.1. The highest BCUT2D eigenvalue weighted by Crippen LogP contribution is 2.08. The Kier molecular flexibility index (Phi) is 7.23. The average Bonchev–Trinajstić information content (AvgIpc) is 2.30. The van der Waals surface area contributed by atoms with Crippen LogP contribution in [0.1, 0.15) is 51.9 Å². The molecule has 0 bridgehead atoms. The van der Waals surface area contributed by atoms with Crippen molar-refractivity contribution >= 4 is 5.91 Å². The quantitative estimate of drug-likeness (QED) is 0.643. The van der Waals surface area contributed by atoms with E-state index in [0.29, 0.717) is 6.54 Å². The van der Waals surface area contributed by atoms with Crippen LogP contribution in [0.4, 0.5) is 0 Å². The lowest BCUT2D eigenvalue weighted by Gasteiger charge is -2.27. The van der Waals surface area contributed by atoms with Crippen molar-refractivity contribution in [2.75, 3.05) is 26.2 Å². The second kappa shape index (κ2) is 8.57. The Morgan fingerprint density at radius 3 is 2.50 bits per heavy atom. The van der Waals surface area contributed by atoms with Crippen LogP contribution in [0.2, 0.25) is 0 Å². The van der Waals surface area contributed by atoms with Crippen molar-refractivity contribution in [3.05, 3.63) is 0 Å². The number of nitrogens with zero attached hydrogens (tertiary/aromatic N) is 1. The molecule has 1 aliphatic heterocycles. The maximum atomic E-state index is 11.5. The molecule has 1 rings (SSSR count). The van der Waals surface area contributed by atoms with Crippen molar-refractivity contribution < 1.29 is 4.79 Å². The van der Waals surface area contributed by atoms with Gasteiger partial charge in [-0.2, -0.15) is 0 Å². The minimum atomic E-state index is 0.275. The number of rotatable bonds is 8. The van der Waals surface area contributed by atoms with E-state index in [4.69, 9.17) is 0 Å². The second-order valence-corrected chi connectivity index (χ2v) is 4.68. The van der Waals surface area contributed by atoms with Gasteiger partial charge in [-0.3, -0.25) is 4.79 Å². The monoisotopic (exact) mass is 226 g/mol. The maximum absolute atomic E-state index is 11.5. The van der Waals surface area contributed by atoms with E-state index in [1.165, 1.54) is 44.9 Å². The normalized spacial score (nSPS) is 16.8. The van der Waals surface area contributed by atoms with Gasteiger partial charge in [0, 0.05) is 19.6 Å². The molecule has 0 atom stereocenters. The van der Waals surface area contributed by atoms with Gasteiger partial charge in [0.1, 0.15) is 0 Å². The molecule has 3 heteroatoms. The first-order valence-electron chi connectivity index (χ1n) is 6.83. The van der Waals surface area contributed by atoms with E-state index in [9.17, 15) is 4.79 Å². The summed E-state index contributed by atoms with van der Waals surface area (Å²) in [5.41, 5.74) is 0. The molecule has 1 heterocycles. The maximum Gasteiger partial charge on any atom is 0.236 e. The topological polar surface area (TPSA) is 32.3 Å². The zero-order chi connectivity index (χ0) is 11.6. The van der Waals surface area contributed by atoms with Gasteiger partial charge < -0.3 is 10.2 Å². The SMILES string of the molecule is CCCCCCCCCN1CCNCC1=O. The third-order valence-electron chi connectivity index (χ3n) is 3.22. The van der Waals surface area contributed by atoms with Crippen LogP contribution in [0, 0.1) is 0 Å². The molecule has 0 aromatic rings. The molecule has 0 spiro atoms. The fourth-order valence-electron chi connectivity index (χ4n) is 2.14. The molecule has 1 amide bonds. The number of carbonyl (C=O) groups is 1. The summed E-state index contributed by atoms with van der Waals surface area (Å²) in [4.78, 5) is 13.5. The number of hydrogen-bond donors (Lipinski definition) is 1. The van der Waals surface area contributed by atoms with Gasteiger partial charge >= 0.3 is 0 Å². The third-order valence-corrected chi connectivity index (χ3v) is 3.22. The van der Waals surface area contributed by atoms with E-state index >= 15 is 0 Å². The van der Waals surface area contributed by atoms with E-state index in [0.717, 1.165) is 19.6 Å². The zero-order valence-electron chi connectivity index (χ0n) is 10.6. The number of unbranched alkanes of at least 4 members (excludes halogenated alkanes) is 6. The summed E-state index contributed by atoms with van der Waals surface area (Å²) >= 11 is 0. The molecule has 1 fully saturated rings. The molecule has 0 aliphatic carbocycles. The third kappa shape index (κ3) is 5.50. The smallest absolute Gasteiger partial charge is 0.236 e. The van der Waals surface area contributed by atoms with Crippen LogP contribution in [-0.4, -0.2) is 37.0 Å². The molecule has 0 radical (unpaired) electrons. The fraction of sp³-hybridized carbons (Fsp3) is 0.923. The van der Waals surface area contributed by atoms with Crippen molar-refractivity contribution in [1.82, 2.24) is 10.2 Å². The minimum Gasteiger partial charge on any atom is -0.340 e. The van der Waals surface area contributed by atoms with Crippen LogP contribution >= 0.6 is 0 Å². The number of hydrogen-bond acceptors (Lipinski definition) is 2. The minimum absolute atomic E-state index is 0.275. The first-order chi connectivity index (χ1) is 7.84. The molecule has 0 aromatic carbocycles. The van der Waals surface area contributed by atoms with Gasteiger partial charge in [0.05, 0.1) is 6.54 Å². The summed E-state index contributed by atoms with van der Waals surface area (Å²) in [6.07, 6.45) is 9.22. The number of piperazine rings is 1. The standard InChI is InChI=1S/C13H26N2O/c1-2-3-4-5-6-7-8-10-15-11-9-14-12-13(15)16/h14H,2-12H2,1H3. The van der Waals surface area contributed by atoms with E-state index in [-0.39, 0.29) is 5.91 Å². The summed E-state index contributed by atoms with van der Waals surface area (Å²) in [6.45, 7) is 5.61. The molecule has 1 saturated heterocycles. The highest BCUT2D eigenvalue weighted by atomic mass is 16.2. The van der Waals surface area contributed by atoms with Gasteiger partial charge in [-0.1, -0.05) is 45.4 Å².